The second kappa shape index (κ2) is 6.72. The van der Waals surface area contributed by atoms with Crippen molar-refractivity contribution in [1.82, 2.24) is 9.62 Å². The highest BCUT2D eigenvalue weighted by Crippen LogP contribution is 2.24. The summed E-state index contributed by atoms with van der Waals surface area (Å²) in [6, 6.07) is 4.34. The first-order valence-electron chi connectivity index (χ1n) is 7.15. The molecule has 2 rings (SSSR count). The van der Waals surface area contributed by atoms with Crippen LogP contribution < -0.4 is 10.0 Å². The fraction of sp³-hybridized carbons (Fsp3) is 0.571. The molecule has 0 radical (unpaired) electrons. The van der Waals surface area contributed by atoms with Crippen LogP contribution in [0.15, 0.2) is 18.2 Å². The highest BCUT2D eigenvalue weighted by atomic mass is 32.2. The van der Waals surface area contributed by atoms with E-state index in [2.05, 4.69) is 10.0 Å². The molecule has 0 aromatic heterocycles. The van der Waals surface area contributed by atoms with E-state index in [9.17, 15) is 12.8 Å². The van der Waals surface area contributed by atoms with Crippen LogP contribution in [0.1, 0.15) is 24.8 Å². The van der Waals surface area contributed by atoms with E-state index in [-0.39, 0.29) is 6.04 Å². The summed E-state index contributed by atoms with van der Waals surface area (Å²) in [4.78, 5) is 0. The minimum Gasteiger partial charge on any atom is -0.318 e. The molecule has 5 nitrogen and oxygen atoms in total. The van der Waals surface area contributed by atoms with Gasteiger partial charge in [-0.15, -0.1) is 0 Å². The molecule has 118 valence electrons. The molecule has 21 heavy (non-hydrogen) atoms. The highest BCUT2D eigenvalue weighted by Gasteiger charge is 2.32. The van der Waals surface area contributed by atoms with E-state index in [0.717, 1.165) is 19.3 Å². The van der Waals surface area contributed by atoms with Gasteiger partial charge >= 0.3 is 10.2 Å². The van der Waals surface area contributed by atoms with E-state index in [1.165, 1.54) is 16.4 Å². The predicted octanol–water partition coefficient (Wildman–Crippen LogP) is 1.86. The molecule has 1 fully saturated rings. The normalized spacial score (nSPS) is 20.4. The first-order valence-corrected chi connectivity index (χ1v) is 8.59. The molecule has 1 aromatic carbocycles. The van der Waals surface area contributed by atoms with E-state index in [1.807, 2.05) is 7.05 Å². The standard InChI is InChI=1S/C14H22FN3O2S/c1-11-13(15)7-5-8-14(11)17-21(19,20)18-9-4-3-6-12(18)10-16-2/h5,7-8,12,16-17H,3-4,6,9-10H2,1-2H3. The molecule has 1 saturated heterocycles. The van der Waals surface area contributed by atoms with E-state index in [1.54, 1.807) is 13.0 Å². The number of anilines is 1. The molecule has 0 saturated carbocycles. The van der Waals surface area contributed by atoms with E-state index >= 15 is 0 Å². The Morgan fingerprint density at radius 1 is 1.38 bits per heavy atom. The third kappa shape index (κ3) is 3.72. The van der Waals surface area contributed by atoms with Crippen molar-refractivity contribution in [3.05, 3.63) is 29.6 Å². The van der Waals surface area contributed by atoms with E-state index in [0.29, 0.717) is 24.3 Å². The molecule has 7 heteroatoms. The molecule has 2 N–H and O–H groups in total. The van der Waals surface area contributed by atoms with Gasteiger partial charge in [0.1, 0.15) is 5.82 Å². The first kappa shape index (κ1) is 16.2. The van der Waals surface area contributed by atoms with Crippen LogP contribution in [-0.4, -0.2) is 38.9 Å². The number of benzene rings is 1. The number of likely N-dealkylation sites (N-methyl/N-ethyl adjacent to an activating group) is 1. The number of piperidine rings is 1. The van der Waals surface area contributed by atoms with Crippen molar-refractivity contribution in [2.45, 2.75) is 32.2 Å². The lowest BCUT2D eigenvalue weighted by atomic mass is 10.1. The Balaban J connectivity index is 2.22. The fourth-order valence-corrected chi connectivity index (χ4v) is 4.20. The molecule has 0 bridgehead atoms. The van der Waals surface area contributed by atoms with Crippen molar-refractivity contribution in [1.29, 1.82) is 0 Å². The lowest BCUT2D eigenvalue weighted by Crippen LogP contribution is -2.50. The Bertz CT molecular complexity index is 590. The van der Waals surface area contributed by atoms with Crippen molar-refractivity contribution in [3.63, 3.8) is 0 Å². The van der Waals surface area contributed by atoms with Crippen molar-refractivity contribution in [2.75, 3.05) is 24.9 Å². The molecule has 1 atom stereocenters. The minimum absolute atomic E-state index is 0.0601. The van der Waals surface area contributed by atoms with Gasteiger partial charge in [-0.2, -0.15) is 12.7 Å². The van der Waals surface area contributed by atoms with Gasteiger partial charge in [0.2, 0.25) is 0 Å². The third-order valence-electron chi connectivity index (χ3n) is 3.83. The van der Waals surface area contributed by atoms with Crippen LogP contribution in [0, 0.1) is 12.7 Å². The van der Waals surface area contributed by atoms with Gasteiger partial charge in [-0.1, -0.05) is 12.5 Å². The van der Waals surface area contributed by atoms with Gasteiger partial charge < -0.3 is 5.32 Å². The monoisotopic (exact) mass is 315 g/mol. The van der Waals surface area contributed by atoms with Gasteiger partial charge in [-0.25, -0.2) is 4.39 Å². The summed E-state index contributed by atoms with van der Waals surface area (Å²) >= 11 is 0. The molecule has 1 heterocycles. The molecule has 0 amide bonds. The summed E-state index contributed by atoms with van der Waals surface area (Å²) in [6.45, 7) is 2.67. The average molecular weight is 315 g/mol. The van der Waals surface area contributed by atoms with Gasteiger partial charge in [0.15, 0.2) is 0 Å². The van der Waals surface area contributed by atoms with Gasteiger partial charge in [-0.3, -0.25) is 4.72 Å². The molecular formula is C14H22FN3O2S. The number of nitrogens with zero attached hydrogens (tertiary/aromatic N) is 1. The number of nitrogens with one attached hydrogen (secondary N) is 2. The molecule has 1 unspecified atom stereocenters. The lowest BCUT2D eigenvalue weighted by molar-refractivity contribution is 0.250. The van der Waals surface area contributed by atoms with Crippen molar-refractivity contribution < 1.29 is 12.8 Å². The van der Waals surface area contributed by atoms with Crippen LogP contribution >= 0.6 is 0 Å². The Kier molecular flexibility index (Phi) is 5.18. The van der Waals surface area contributed by atoms with E-state index < -0.39 is 16.0 Å². The number of hydrogen-bond donors (Lipinski definition) is 2. The van der Waals surface area contributed by atoms with Gasteiger partial charge in [0.05, 0.1) is 5.69 Å². The summed E-state index contributed by atoms with van der Waals surface area (Å²) in [7, 11) is -1.86. The predicted molar refractivity (Wildman–Crippen MR) is 82.0 cm³/mol. The SMILES string of the molecule is CNCC1CCCCN1S(=O)(=O)Nc1cccc(F)c1C. The molecule has 1 aliphatic heterocycles. The maximum Gasteiger partial charge on any atom is 0.301 e. The molecule has 0 aliphatic carbocycles. The van der Waals surface area contributed by atoms with Crippen LogP contribution in [0.3, 0.4) is 0 Å². The Labute approximate surface area is 125 Å². The zero-order chi connectivity index (χ0) is 15.5. The zero-order valence-corrected chi connectivity index (χ0v) is 13.2. The Morgan fingerprint density at radius 2 is 2.14 bits per heavy atom. The first-order chi connectivity index (χ1) is 9.95. The maximum absolute atomic E-state index is 13.5. The summed E-state index contributed by atoms with van der Waals surface area (Å²) < 4.78 is 42.7. The summed E-state index contributed by atoms with van der Waals surface area (Å²) in [6.07, 6.45) is 2.71. The van der Waals surface area contributed by atoms with Crippen LogP contribution in [-0.2, 0) is 10.2 Å². The van der Waals surface area contributed by atoms with Crippen LogP contribution in [0.5, 0.6) is 0 Å². The van der Waals surface area contributed by atoms with Crippen LogP contribution in [0.4, 0.5) is 10.1 Å². The quantitative estimate of drug-likeness (QED) is 0.872. The number of halogens is 1. The zero-order valence-electron chi connectivity index (χ0n) is 12.4. The van der Waals surface area contributed by atoms with Gasteiger partial charge in [0.25, 0.3) is 0 Å². The smallest absolute Gasteiger partial charge is 0.301 e. The second-order valence-corrected chi connectivity index (χ2v) is 6.96. The molecule has 1 aliphatic rings. The van der Waals surface area contributed by atoms with Gasteiger partial charge in [-0.05, 0) is 38.9 Å². The van der Waals surface area contributed by atoms with Crippen molar-refractivity contribution in [3.8, 4) is 0 Å². The third-order valence-corrected chi connectivity index (χ3v) is 5.40. The largest absolute Gasteiger partial charge is 0.318 e. The summed E-state index contributed by atoms with van der Waals surface area (Å²) in [5, 5.41) is 3.03. The summed E-state index contributed by atoms with van der Waals surface area (Å²) in [5.74, 6) is -0.416. The second-order valence-electron chi connectivity index (χ2n) is 5.34. The molecular weight excluding hydrogens is 293 g/mol. The number of rotatable bonds is 5. The highest BCUT2D eigenvalue weighted by molar-refractivity contribution is 7.90. The van der Waals surface area contributed by atoms with Gasteiger partial charge in [0, 0.05) is 24.7 Å². The maximum atomic E-state index is 13.5. The fourth-order valence-electron chi connectivity index (χ4n) is 2.65. The minimum atomic E-state index is -3.67. The average Bonchev–Trinajstić information content (AvgIpc) is 2.44. The molecule has 1 aromatic rings. The van der Waals surface area contributed by atoms with Crippen molar-refractivity contribution >= 4 is 15.9 Å². The van der Waals surface area contributed by atoms with Crippen molar-refractivity contribution in [2.24, 2.45) is 0 Å². The summed E-state index contributed by atoms with van der Waals surface area (Å²) in [5.41, 5.74) is 0.604. The Morgan fingerprint density at radius 3 is 2.86 bits per heavy atom. The Hall–Kier alpha value is -1.18. The number of hydrogen-bond acceptors (Lipinski definition) is 3. The molecule has 0 spiro atoms. The lowest BCUT2D eigenvalue weighted by Gasteiger charge is -2.34. The topological polar surface area (TPSA) is 61.4 Å². The van der Waals surface area contributed by atoms with Crippen LogP contribution in [0.2, 0.25) is 0 Å². The van der Waals surface area contributed by atoms with Crippen LogP contribution in [0.25, 0.3) is 0 Å². The van der Waals surface area contributed by atoms with E-state index in [4.69, 9.17) is 0 Å².